The molecular formula is C27H38N4O3. The number of ether oxygens (including phenoxy) is 1. The van der Waals surface area contributed by atoms with Crippen molar-refractivity contribution in [2.45, 2.75) is 70.4 Å². The molecule has 7 heteroatoms. The maximum atomic E-state index is 12.7. The molecule has 0 atom stereocenters. The summed E-state index contributed by atoms with van der Waals surface area (Å²) in [6.07, 6.45) is 7.51. The summed E-state index contributed by atoms with van der Waals surface area (Å²) in [5.74, 6) is 0.795. The molecule has 1 N–H and O–H groups in total. The smallest absolute Gasteiger partial charge is 0.410 e. The van der Waals surface area contributed by atoms with E-state index in [1.54, 1.807) is 0 Å². The van der Waals surface area contributed by atoms with Crippen LogP contribution >= 0.6 is 0 Å². The van der Waals surface area contributed by atoms with Crippen molar-refractivity contribution in [1.29, 1.82) is 5.26 Å². The van der Waals surface area contributed by atoms with Crippen molar-refractivity contribution in [3.05, 3.63) is 35.4 Å². The average molecular weight is 467 g/mol. The fourth-order valence-corrected chi connectivity index (χ4v) is 5.61. The first kappa shape index (κ1) is 24.5. The second kappa shape index (κ2) is 11.2. The Morgan fingerprint density at radius 1 is 1.18 bits per heavy atom. The van der Waals surface area contributed by atoms with Gasteiger partial charge in [-0.15, -0.1) is 0 Å². The minimum Gasteiger partial charge on any atom is -0.441 e. The molecular weight excluding hydrogens is 428 g/mol. The van der Waals surface area contributed by atoms with Crippen molar-refractivity contribution >= 4 is 12.0 Å². The van der Waals surface area contributed by atoms with Crippen LogP contribution in [0.3, 0.4) is 0 Å². The fraction of sp³-hybridized carbons (Fsp3) is 0.667. The Balaban J connectivity index is 1.20. The molecule has 2 heterocycles. The first-order chi connectivity index (χ1) is 16.5. The van der Waals surface area contributed by atoms with E-state index >= 15 is 0 Å². The van der Waals surface area contributed by atoms with Crippen molar-refractivity contribution in [3.63, 3.8) is 0 Å². The second-order valence-electron chi connectivity index (χ2n) is 10.4. The third kappa shape index (κ3) is 6.09. The molecule has 0 radical (unpaired) electrons. The fourth-order valence-electron chi connectivity index (χ4n) is 5.61. The van der Waals surface area contributed by atoms with E-state index in [0.29, 0.717) is 18.0 Å². The van der Waals surface area contributed by atoms with Crippen LogP contribution in [-0.2, 0) is 16.1 Å². The zero-order valence-corrected chi connectivity index (χ0v) is 20.4. The summed E-state index contributed by atoms with van der Waals surface area (Å²) in [6.45, 7) is 7.01. The molecule has 4 rings (SSSR count). The molecule has 1 aromatic carbocycles. The lowest BCUT2D eigenvalue weighted by Gasteiger charge is -2.37. The summed E-state index contributed by atoms with van der Waals surface area (Å²) in [6, 6.07) is 9.92. The number of likely N-dealkylation sites (tertiary alicyclic amines) is 1. The number of benzene rings is 1. The van der Waals surface area contributed by atoms with Gasteiger partial charge in [0, 0.05) is 51.5 Å². The molecule has 7 nitrogen and oxygen atoms in total. The molecule has 0 unspecified atom stereocenters. The van der Waals surface area contributed by atoms with Gasteiger partial charge in [-0.25, -0.2) is 4.79 Å². The Morgan fingerprint density at radius 2 is 1.88 bits per heavy atom. The summed E-state index contributed by atoms with van der Waals surface area (Å²) >= 11 is 0. The van der Waals surface area contributed by atoms with Gasteiger partial charge >= 0.3 is 6.09 Å². The Hall–Kier alpha value is -2.59. The van der Waals surface area contributed by atoms with Gasteiger partial charge in [0.1, 0.15) is 5.60 Å². The first-order valence-electron chi connectivity index (χ1n) is 13.0. The molecule has 1 saturated carbocycles. The molecule has 3 aliphatic rings. The van der Waals surface area contributed by atoms with E-state index in [1.165, 1.54) is 5.56 Å². The summed E-state index contributed by atoms with van der Waals surface area (Å²) < 4.78 is 5.95. The van der Waals surface area contributed by atoms with Crippen LogP contribution in [0.2, 0.25) is 0 Å². The average Bonchev–Trinajstić information content (AvgIpc) is 3.16. The Kier molecular flexibility index (Phi) is 8.10. The van der Waals surface area contributed by atoms with Crippen LogP contribution in [-0.4, -0.2) is 60.1 Å². The van der Waals surface area contributed by atoms with E-state index < -0.39 is 0 Å². The summed E-state index contributed by atoms with van der Waals surface area (Å²) in [5.41, 5.74) is 1.53. The van der Waals surface area contributed by atoms with Crippen molar-refractivity contribution < 1.29 is 14.3 Å². The lowest BCUT2D eigenvalue weighted by molar-refractivity contribution is -0.126. The number of rotatable bonds is 8. The maximum Gasteiger partial charge on any atom is 0.410 e. The monoisotopic (exact) mass is 466 g/mol. The van der Waals surface area contributed by atoms with Gasteiger partial charge in [-0.2, -0.15) is 5.26 Å². The van der Waals surface area contributed by atoms with E-state index in [-0.39, 0.29) is 23.5 Å². The summed E-state index contributed by atoms with van der Waals surface area (Å²) in [7, 11) is 0. The standard InChI is InChI=1S/C27H38N4O3/c1-2-3-14-29-25(32)24-10-8-23(9-11-24)19-31-20-27(34-26(31)33)12-15-30(16-13-27)18-22-6-4-21(17-28)5-7-22/h4-7,23-24H,2-3,8-16,18-20H2,1H3,(H,29,32). The molecule has 1 spiro atoms. The topological polar surface area (TPSA) is 85.7 Å². The zero-order chi connectivity index (χ0) is 24.0. The highest BCUT2D eigenvalue weighted by Crippen LogP contribution is 2.36. The molecule has 0 bridgehead atoms. The molecule has 2 amide bonds. The lowest BCUT2D eigenvalue weighted by atomic mass is 9.81. The van der Waals surface area contributed by atoms with E-state index in [9.17, 15) is 9.59 Å². The molecule has 2 saturated heterocycles. The third-order valence-electron chi connectivity index (χ3n) is 7.82. The van der Waals surface area contributed by atoms with Crippen molar-refractivity contribution in [2.24, 2.45) is 11.8 Å². The SMILES string of the molecule is CCCCNC(=O)C1CCC(CN2CC3(CCN(Cc4ccc(C#N)cc4)CC3)OC2=O)CC1. The number of hydrogen-bond acceptors (Lipinski definition) is 5. The molecule has 1 aromatic rings. The number of carbonyl (C=O) groups excluding carboxylic acids is 2. The number of nitriles is 1. The highest BCUT2D eigenvalue weighted by atomic mass is 16.6. The molecule has 34 heavy (non-hydrogen) atoms. The summed E-state index contributed by atoms with van der Waals surface area (Å²) in [4.78, 5) is 29.3. The number of nitrogens with one attached hydrogen (secondary N) is 1. The first-order valence-corrected chi connectivity index (χ1v) is 13.0. The second-order valence-corrected chi connectivity index (χ2v) is 10.4. The zero-order valence-electron chi connectivity index (χ0n) is 20.4. The number of nitrogens with zero attached hydrogens (tertiary/aromatic N) is 3. The minimum atomic E-state index is -0.353. The van der Waals surface area contributed by atoms with Crippen LogP contribution in [0.4, 0.5) is 4.79 Å². The van der Waals surface area contributed by atoms with E-state index in [0.717, 1.165) is 84.1 Å². The van der Waals surface area contributed by atoms with Crippen LogP contribution in [0.25, 0.3) is 0 Å². The lowest BCUT2D eigenvalue weighted by Crippen LogP contribution is -2.46. The van der Waals surface area contributed by atoms with E-state index in [4.69, 9.17) is 10.00 Å². The number of unbranched alkanes of at least 4 members (excludes halogenated alkanes) is 1. The number of piperidine rings is 1. The number of amides is 2. The van der Waals surface area contributed by atoms with E-state index in [1.807, 2.05) is 29.2 Å². The highest BCUT2D eigenvalue weighted by molar-refractivity contribution is 5.78. The predicted molar refractivity (Wildman–Crippen MR) is 130 cm³/mol. The van der Waals surface area contributed by atoms with E-state index in [2.05, 4.69) is 23.2 Å². The molecule has 1 aliphatic carbocycles. The Bertz CT molecular complexity index is 878. The van der Waals surface area contributed by atoms with Crippen LogP contribution in [0, 0.1) is 23.2 Å². The molecule has 184 valence electrons. The van der Waals surface area contributed by atoms with Gasteiger partial charge in [-0.05, 0) is 55.7 Å². The van der Waals surface area contributed by atoms with Gasteiger partial charge in [-0.3, -0.25) is 9.69 Å². The molecule has 3 fully saturated rings. The van der Waals surface area contributed by atoms with Gasteiger partial charge in [-0.1, -0.05) is 25.5 Å². The van der Waals surface area contributed by atoms with Gasteiger partial charge < -0.3 is 15.0 Å². The maximum absolute atomic E-state index is 12.7. The third-order valence-corrected chi connectivity index (χ3v) is 7.82. The van der Waals surface area contributed by atoms with Gasteiger partial charge in [0.2, 0.25) is 5.91 Å². The van der Waals surface area contributed by atoms with Gasteiger partial charge in [0.25, 0.3) is 0 Å². The summed E-state index contributed by atoms with van der Waals surface area (Å²) in [5, 5.41) is 12.0. The predicted octanol–water partition coefficient (Wildman–Crippen LogP) is 4.07. The van der Waals surface area contributed by atoms with Crippen molar-refractivity contribution in [3.8, 4) is 6.07 Å². The van der Waals surface area contributed by atoms with Gasteiger partial charge in [0.05, 0.1) is 18.2 Å². The molecule has 2 aliphatic heterocycles. The van der Waals surface area contributed by atoms with Crippen LogP contribution < -0.4 is 5.32 Å². The minimum absolute atomic E-state index is 0.130. The Labute approximate surface area is 203 Å². The normalized spacial score (nSPS) is 24.6. The largest absolute Gasteiger partial charge is 0.441 e. The molecule has 0 aromatic heterocycles. The van der Waals surface area contributed by atoms with Crippen molar-refractivity contribution in [2.75, 3.05) is 32.7 Å². The van der Waals surface area contributed by atoms with Crippen LogP contribution in [0.15, 0.2) is 24.3 Å². The van der Waals surface area contributed by atoms with Crippen LogP contribution in [0.5, 0.6) is 0 Å². The highest BCUT2D eigenvalue weighted by Gasteiger charge is 2.47. The quantitative estimate of drug-likeness (QED) is 0.584. The van der Waals surface area contributed by atoms with Crippen molar-refractivity contribution in [1.82, 2.24) is 15.1 Å². The number of carbonyl (C=O) groups is 2. The van der Waals surface area contributed by atoms with Gasteiger partial charge in [0.15, 0.2) is 0 Å². The van der Waals surface area contributed by atoms with Crippen LogP contribution in [0.1, 0.15) is 69.4 Å². The Morgan fingerprint density at radius 3 is 2.53 bits per heavy atom. The number of hydrogen-bond donors (Lipinski definition) is 1.